The lowest BCUT2D eigenvalue weighted by Crippen LogP contribution is -2.26. The van der Waals surface area contributed by atoms with Gasteiger partial charge in [0, 0.05) is 12.2 Å². The summed E-state index contributed by atoms with van der Waals surface area (Å²) in [4.78, 5) is 3.95. The number of nitrogens with one attached hydrogen (secondary N) is 1. The van der Waals surface area contributed by atoms with E-state index in [9.17, 15) is 4.39 Å². The van der Waals surface area contributed by atoms with Crippen LogP contribution in [0.1, 0.15) is 50.6 Å². The van der Waals surface area contributed by atoms with Gasteiger partial charge in [0.15, 0.2) is 0 Å². The number of nitrogens with zero attached hydrogens (tertiary/aromatic N) is 1. The van der Waals surface area contributed by atoms with Crippen molar-refractivity contribution in [2.24, 2.45) is 5.92 Å². The van der Waals surface area contributed by atoms with Crippen LogP contribution < -0.4 is 5.32 Å². The van der Waals surface area contributed by atoms with Crippen LogP contribution in [0.25, 0.3) is 0 Å². The summed E-state index contributed by atoms with van der Waals surface area (Å²) in [5, 5.41) is 3.51. The molecule has 0 amide bonds. The van der Waals surface area contributed by atoms with Gasteiger partial charge in [-0.3, -0.25) is 4.98 Å². The standard InChI is InChI=1S/C14H21FN2/c1-2-6-17-14(7-11-4-3-5-11)12-8-13(15)10-16-9-12/h8-11,14,17H,2-7H2,1H3. The summed E-state index contributed by atoms with van der Waals surface area (Å²) in [6.07, 6.45) is 9.28. The first kappa shape index (κ1) is 12.5. The summed E-state index contributed by atoms with van der Waals surface area (Å²) in [7, 11) is 0. The number of halogens is 1. The monoisotopic (exact) mass is 236 g/mol. The summed E-state index contributed by atoms with van der Waals surface area (Å²) in [6, 6.07) is 1.88. The Balaban J connectivity index is 2.02. The lowest BCUT2D eigenvalue weighted by atomic mass is 9.80. The van der Waals surface area contributed by atoms with Gasteiger partial charge in [-0.05, 0) is 36.9 Å². The molecule has 1 atom stereocenters. The van der Waals surface area contributed by atoms with Crippen molar-refractivity contribution in [1.29, 1.82) is 0 Å². The van der Waals surface area contributed by atoms with Gasteiger partial charge in [-0.1, -0.05) is 26.2 Å². The van der Waals surface area contributed by atoms with E-state index in [-0.39, 0.29) is 11.9 Å². The van der Waals surface area contributed by atoms with Crippen molar-refractivity contribution in [2.45, 2.75) is 45.1 Å². The highest BCUT2D eigenvalue weighted by atomic mass is 19.1. The second-order valence-electron chi connectivity index (χ2n) is 4.98. The first-order chi connectivity index (χ1) is 8.29. The van der Waals surface area contributed by atoms with Gasteiger partial charge in [0.2, 0.25) is 0 Å². The third-order valence-corrected chi connectivity index (χ3v) is 3.56. The van der Waals surface area contributed by atoms with Crippen molar-refractivity contribution >= 4 is 0 Å². The van der Waals surface area contributed by atoms with E-state index >= 15 is 0 Å². The second-order valence-corrected chi connectivity index (χ2v) is 4.98. The molecule has 2 nitrogen and oxygen atoms in total. The first-order valence-corrected chi connectivity index (χ1v) is 6.63. The first-order valence-electron chi connectivity index (χ1n) is 6.63. The van der Waals surface area contributed by atoms with Crippen LogP contribution >= 0.6 is 0 Å². The molecule has 0 aromatic carbocycles. The smallest absolute Gasteiger partial charge is 0.141 e. The molecule has 2 rings (SSSR count). The average molecular weight is 236 g/mol. The van der Waals surface area contributed by atoms with Crippen LogP contribution in [0.2, 0.25) is 0 Å². The lowest BCUT2D eigenvalue weighted by Gasteiger charge is -2.30. The molecule has 3 heteroatoms. The maximum absolute atomic E-state index is 13.2. The van der Waals surface area contributed by atoms with E-state index in [1.165, 1.54) is 25.5 Å². The SMILES string of the molecule is CCCNC(CC1CCC1)c1cncc(F)c1. The Morgan fingerprint density at radius 3 is 2.88 bits per heavy atom. The van der Waals surface area contributed by atoms with Crippen molar-refractivity contribution in [2.75, 3.05) is 6.54 Å². The molecule has 1 aliphatic carbocycles. The summed E-state index contributed by atoms with van der Waals surface area (Å²) in [6.45, 7) is 3.13. The molecule has 0 saturated heterocycles. The van der Waals surface area contributed by atoms with Gasteiger partial charge < -0.3 is 5.32 Å². The number of pyridine rings is 1. The Labute approximate surface area is 103 Å². The zero-order chi connectivity index (χ0) is 12.1. The van der Waals surface area contributed by atoms with Crippen LogP contribution in [0.5, 0.6) is 0 Å². The molecule has 0 bridgehead atoms. The Morgan fingerprint density at radius 1 is 1.47 bits per heavy atom. The third kappa shape index (κ3) is 3.50. The van der Waals surface area contributed by atoms with E-state index in [1.54, 1.807) is 12.3 Å². The van der Waals surface area contributed by atoms with Gasteiger partial charge in [0.25, 0.3) is 0 Å². The molecule has 1 aromatic heterocycles. The van der Waals surface area contributed by atoms with Crippen LogP contribution in [-0.4, -0.2) is 11.5 Å². The fraction of sp³-hybridized carbons (Fsp3) is 0.643. The molecule has 1 N–H and O–H groups in total. The molecule has 1 aliphatic rings. The van der Waals surface area contributed by atoms with E-state index in [0.29, 0.717) is 0 Å². The quantitative estimate of drug-likeness (QED) is 0.818. The van der Waals surface area contributed by atoms with Crippen molar-refractivity contribution in [3.63, 3.8) is 0 Å². The van der Waals surface area contributed by atoms with Crippen LogP contribution in [0.3, 0.4) is 0 Å². The molecule has 0 spiro atoms. The van der Waals surface area contributed by atoms with Crippen LogP contribution in [0.4, 0.5) is 4.39 Å². The number of rotatable bonds is 6. The van der Waals surface area contributed by atoms with Gasteiger partial charge in [-0.25, -0.2) is 4.39 Å². The van der Waals surface area contributed by atoms with Gasteiger partial charge in [-0.15, -0.1) is 0 Å². The molecular formula is C14H21FN2. The summed E-state index contributed by atoms with van der Waals surface area (Å²) in [5.74, 6) is 0.576. The van der Waals surface area contributed by atoms with E-state index in [0.717, 1.165) is 30.9 Å². The number of hydrogen-bond acceptors (Lipinski definition) is 2. The van der Waals surface area contributed by atoms with Gasteiger partial charge in [-0.2, -0.15) is 0 Å². The zero-order valence-corrected chi connectivity index (χ0v) is 10.5. The highest BCUT2D eigenvalue weighted by Gasteiger charge is 2.23. The van der Waals surface area contributed by atoms with Crippen molar-refractivity contribution < 1.29 is 4.39 Å². The Bertz CT molecular complexity index is 350. The highest BCUT2D eigenvalue weighted by molar-refractivity contribution is 5.15. The molecule has 1 heterocycles. The minimum atomic E-state index is -0.237. The summed E-state index contributed by atoms with van der Waals surface area (Å²) < 4.78 is 13.2. The molecule has 94 valence electrons. The minimum Gasteiger partial charge on any atom is -0.310 e. The van der Waals surface area contributed by atoms with E-state index in [2.05, 4.69) is 17.2 Å². The molecule has 1 aromatic rings. The molecule has 0 aliphatic heterocycles. The molecule has 1 fully saturated rings. The Morgan fingerprint density at radius 2 is 2.29 bits per heavy atom. The van der Waals surface area contributed by atoms with Gasteiger partial charge in [0.05, 0.1) is 6.20 Å². The van der Waals surface area contributed by atoms with Crippen LogP contribution in [0.15, 0.2) is 18.5 Å². The summed E-state index contributed by atoms with van der Waals surface area (Å²) >= 11 is 0. The van der Waals surface area contributed by atoms with Crippen LogP contribution in [-0.2, 0) is 0 Å². The number of hydrogen-bond donors (Lipinski definition) is 1. The average Bonchev–Trinajstić information content (AvgIpc) is 2.27. The molecule has 17 heavy (non-hydrogen) atoms. The number of aromatic nitrogens is 1. The maximum atomic E-state index is 13.2. The van der Waals surface area contributed by atoms with E-state index in [4.69, 9.17) is 0 Å². The molecular weight excluding hydrogens is 215 g/mol. The normalized spacial score (nSPS) is 17.8. The van der Waals surface area contributed by atoms with E-state index < -0.39 is 0 Å². The van der Waals surface area contributed by atoms with Gasteiger partial charge in [0.1, 0.15) is 5.82 Å². The van der Waals surface area contributed by atoms with Crippen LogP contribution in [0, 0.1) is 11.7 Å². The van der Waals surface area contributed by atoms with Crippen molar-refractivity contribution in [3.8, 4) is 0 Å². The van der Waals surface area contributed by atoms with Gasteiger partial charge >= 0.3 is 0 Å². The molecule has 1 saturated carbocycles. The Kier molecular flexibility index (Phi) is 4.49. The Hall–Kier alpha value is -0.960. The maximum Gasteiger partial charge on any atom is 0.141 e. The van der Waals surface area contributed by atoms with E-state index in [1.807, 2.05) is 0 Å². The summed E-state index contributed by atoms with van der Waals surface area (Å²) in [5.41, 5.74) is 0.991. The third-order valence-electron chi connectivity index (χ3n) is 3.56. The van der Waals surface area contributed by atoms with Crippen molar-refractivity contribution in [1.82, 2.24) is 10.3 Å². The fourth-order valence-corrected chi connectivity index (χ4v) is 2.34. The molecule has 1 unspecified atom stereocenters. The fourth-order valence-electron chi connectivity index (χ4n) is 2.34. The largest absolute Gasteiger partial charge is 0.310 e. The van der Waals surface area contributed by atoms with Crippen molar-refractivity contribution in [3.05, 3.63) is 29.8 Å². The molecule has 0 radical (unpaired) electrons. The predicted octanol–water partition coefficient (Wildman–Crippen LogP) is 3.45. The predicted molar refractivity (Wildman–Crippen MR) is 67.2 cm³/mol. The topological polar surface area (TPSA) is 24.9 Å². The lowest BCUT2D eigenvalue weighted by molar-refractivity contribution is 0.261. The minimum absolute atomic E-state index is 0.237. The highest BCUT2D eigenvalue weighted by Crippen LogP contribution is 2.34. The second kappa shape index (κ2) is 6.10. The zero-order valence-electron chi connectivity index (χ0n) is 10.5.